The van der Waals surface area contributed by atoms with Crippen LogP contribution in [0.2, 0.25) is 0 Å². The number of nitrogens with one attached hydrogen (secondary N) is 2. The minimum absolute atomic E-state index is 0. The monoisotopic (exact) mass is 450 g/mol. The molecule has 30 heavy (non-hydrogen) atoms. The van der Waals surface area contributed by atoms with E-state index >= 15 is 0 Å². The molecule has 1 heterocycles. The van der Waals surface area contributed by atoms with Crippen LogP contribution < -0.4 is 16.4 Å². The molecule has 2 bridgehead atoms. The molecule has 1 aromatic heterocycles. The molecule has 2 amide bonds. The van der Waals surface area contributed by atoms with E-state index in [-0.39, 0.29) is 48.6 Å². The largest absolute Gasteiger partial charge is 0.327 e. The number of carbonyl (C=O) groups excluding carboxylic acids is 2. The Hall–Kier alpha value is -2.15. The predicted molar refractivity (Wildman–Crippen MR) is 123 cm³/mol. The molecule has 4 N–H and O–H groups in total. The number of nitrogens with two attached hydrogens (primary N) is 1. The summed E-state index contributed by atoms with van der Waals surface area (Å²) in [7, 11) is 0. The molecule has 0 spiro atoms. The fourth-order valence-electron chi connectivity index (χ4n) is 4.63. The molecule has 2 saturated carbocycles. The third-order valence-electron chi connectivity index (χ3n) is 6.11. The lowest BCUT2D eigenvalue weighted by Crippen LogP contribution is -2.48. The maximum absolute atomic E-state index is 12.8. The number of carbonyl (C=O) groups is 2. The zero-order valence-electron chi connectivity index (χ0n) is 16.6. The lowest BCUT2D eigenvalue weighted by atomic mass is 9.65. The van der Waals surface area contributed by atoms with E-state index in [1.807, 2.05) is 12.1 Å². The molecule has 0 radical (unpaired) electrons. The summed E-state index contributed by atoms with van der Waals surface area (Å²) in [5, 5.41) is 5.88. The zero-order chi connectivity index (χ0) is 19.5. The van der Waals surface area contributed by atoms with Crippen LogP contribution in [-0.4, -0.2) is 22.8 Å². The number of amides is 2. The van der Waals surface area contributed by atoms with Crippen LogP contribution in [0, 0.1) is 17.8 Å². The van der Waals surface area contributed by atoms with E-state index in [1.165, 1.54) is 6.42 Å². The smallest absolute Gasteiger partial charge is 0.255 e. The number of hydrogen-bond acceptors (Lipinski definition) is 4. The molecule has 2 aliphatic carbocycles. The number of pyridine rings is 1. The van der Waals surface area contributed by atoms with Crippen molar-refractivity contribution in [3.05, 3.63) is 54.4 Å². The normalized spacial score (nSPS) is 24.6. The summed E-state index contributed by atoms with van der Waals surface area (Å²) in [6, 6.07) is 10.8. The number of fused-ring (bicyclic) bond motifs is 2. The quantitative estimate of drug-likeness (QED) is 0.647. The van der Waals surface area contributed by atoms with Gasteiger partial charge >= 0.3 is 0 Å². The highest BCUT2D eigenvalue weighted by atomic mass is 35.5. The van der Waals surface area contributed by atoms with E-state index in [9.17, 15) is 9.59 Å². The number of nitrogens with zero attached hydrogens (tertiary/aromatic N) is 1. The fourth-order valence-corrected chi connectivity index (χ4v) is 4.63. The van der Waals surface area contributed by atoms with Crippen molar-refractivity contribution in [2.75, 3.05) is 10.6 Å². The first-order valence-corrected chi connectivity index (χ1v) is 9.98. The van der Waals surface area contributed by atoms with Crippen LogP contribution in [-0.2, 0) is 4.79 Å². The molecule has 0 aliphatic heterocycles. The summed E-state index contributed by atoms with van der Waals surface area (Å²) in [5.41, 5.74) is 8.21. The first-order valence-electron chi connectivity index (χ1n) is 9.98. The van der Waals surface area contributed by atoms with Crippen LogP contribution in [0.25, 0.3) is 0 Å². The highest BCUT2D eigenvalue weighted by molar-refractivity contribution is 6.04. The SMILES string of the molecule is Cl.Cl.NC1C2CCCC1CC(C(=O)Nc1cccc(NC(=O)c3ccncc3)c1)C2. The van der Waals surface area contributed by atoms with E-state index in [4.69, 9.17) is 5.73 Å². The zero-order valence-corrected chi connectivity index (χ0v) is 18.3. The standard InChI is InChI=1S/C22H26N4O2.2ClH/c23-20-15-3-1-4-16(20)12-17(11-15)22(28)26-19-6-2-5-18(13-19)25-21(27)14-7-9-24-10-8-14;;/h2,5-10,13,15-17,20H,1,3-4,11-12,23H2,(H,25,27)(H,26,28);2*1H. The van der Waals surface area contributed by atoms with Gasteiger partial charge in [0.05, 0.1) is 0 Å². The fraction of sp³-hybridized carbons (Fsp3) is 0.409. The van der Waals surface area contributed by atoms with Crippen molar-refractivity contribution in [1.29, 1.82) is 0 Å². The number of aromatic nitrogens is 1. The van der Waals surface area contributed by atoms with Crippen molar-refractivity contribution in [3.63, 3.8) is 0 Å². The van der Waals surface area contributed by atoms with Crippen LogP contribution >= 0.6 is 24.8 Å². The second kappa shape index (κ2) is 10.8. The third-order valence-corrected chi connectivity index (χ3v) is 6.11. The van der Waals surface area contributed by atoms with Crippen molar-refractivity contribution in [2.45, 2.75) is 38.1 Å². The van der Waals surface area contributed by atoms with Crippen LogP contribution in [0.1, 0.15) is 42.5 Å². The number of benzene rings is 1. The van der Waals surface area contributed by atoms with Crippen LogP contribution in [0.4, 0.5) is 11.4 Å². The Bertz CT molecular complexity index is 851. The van der Waals surface area contributed by atoms with Gasteiger partial charge in [-0.25, -0.2) is 0 Å². The number of halogens is 2. The van der Waals surface area contributed by atoms with E-state index in [0.717, 1.165) is 25.7 Å². The molecule has 4 rings (SSSR count). The summed E-state index contributed by atoms with van der Waals surface area (Å²) < 4.78 is 0. The summed E-state index contributed by atoms with van der Waals surface area (Å²) in [6.45, 7) is 0. The average Bonchev–Trinajstić information content (AvgIpc) is 2.68. The molecule has 1 aromatic carbocycles. The van der Waals surface area contributed by atoms with Gasteiger partial charge in [0.2, 0.25) is 5.91 Å². The van der Waals surface area contributed by atoms with Crippen LogP contribution in [0.3, 0.4) is 0 Å². The number of hydrogen-bond donors (Lipinski definition) is 3. The van der Waals surface area contributed by atoms with Crippen molar-refractivity contribution in [1.82, 2.24) is 4.98 Å². The molecule has 2 fully saturated rings. The predicted octanol–water partition coefficient (Wildman–Crippen LogP) is 4.27. The Morgan fingerprint density at radius 1 is 0.933 bits per heavy atom. The summed E-state index contributed by atoms with van der Waals surface area (Å²) in [6.07, 6.45) is 8.42. The minimum atomic E-state index is -0.208. The van der Waals surface area contributed by atoms with Gasteiger partial charge in [0.1, 0.15) is 0 Å². The van der Waals surface area contributed by atoms with Gasteiger partial charge in [0.15, 0.2) is 0 Å². The molecular formula is C22H28Cl2N4O2. The topological polar surface area (TPSA) is 97.1 Å². The Kier molecular flexibility index (Phi) is 8.65. The molecular weight excluding hydrogens is 423 g/mol. The van der Waals surface area contributed by atoms with Gasteiger partial charge in [-0.3, -0.25) is 14.6 Å². The van der Waals surface area contributed by atoms with Crippen molar-refractivity contribution >= 4 is 48.0 Å². The van der Waals surface area contributed by atoms with Crippen LogP contribution in [0.15, 0.2) is 48.8 Å². The van der Waals surface area contributed by atoms with E-state index in [0.29, 0.717) is 28.8 Å². The number of anilines is 2. The van der Waals surface area contributed by atoms with E-state index < -0.39 is 0 Å². The Morgan fingerprint density at radius 2 is 1.53 bits per heavy atom. The van der Waals surface area contributed by atoms with Gasteiger partial charge in [-0.05, 0) is 67.9 Å². The highest BCUT2D eigenvalue weighted by Gasteiger charge is 2.40. The van der Waals surface area contributed by atoms with Crippen molar-refractivity contribution < 1.29 is 9.59 Å². The van der Waals surface area contributed by atoms with Gasteiger partial charge in [0.25, 0.3) is 5.91 Å². The second-order valence-electron chi connectivity index (χ2n) is 7.96. The maximum Gasteiger partial charge on any atom is 0.255 e. The molecule has 162 valence electrons. The third kappa shape index (κ3) is 5.50. The molecule has 8 heteroatoms. The van der Waals surface area contributed by atoms with Crippen molar-refractivity contribution in [2.24, 2.45) is 23.5 Å². The average molecular weight is 451 g/mol. The minimum Gasteiger partial charge on any atom is -0.327 e. The van der Waals surface area contributed by atoms with Gasteiger partial charge in [0, 0.05) is 41.3 Å². The Balaban J connectivity index is 0.00000160. The van der Waals surface area contributed by atoms with Crippen LogP contribution in [0.5, 0.6) is 0 Å². The first kappa shape index (κ1) is 24.1. The lowest BCUT2D eigenvalue weighted by molar-refractivity contribution is -0.122. The maximum atomic E-state index is 12.8. The van der Waals surface area contributed by atoms with Gasteiger partial charge in [-0.1, -0.05) is 12.5 Å². The molecule has 0 saturated heterocycles. The van der Waals surface area contributed by atoms with Gasteiger partial charge in [-0.15, -0.1) is 24.8 Å². The molecule has 6 nitrogen and oxygen atoms in total. The van der Waals surface area contributed by atoms with Gasteiger partial charge < -0.3 is 16.4 Å². The molecule has 2 aliphatic rings. The molecule has 2 unspecified atom stereocenters. The summed E-state index contributed by atoms with van der Waals surface area (Å²) >= 11 is 0. The Morgan fingerprint density at radius 3 is 2.17 bits per heavy atom. The van der Waals surface area contributed by atoms with Gasteiger partial charge in [-0.2, -0.15) is 0 Å². The summed E-state index contributed by atoms with van der Waals surface area (Å²) in [4.78, 5) is 29.0. The van der Waals surface area contributed by atoms with E-state index in [1.54, 1.807) is 36.7 Å². The Labute approximate surface area is 189 Å². The van der Waals surface area contributed by atoms with E-state index in [2.05, 4.69) is 15.6 Å². The first-order chi connectivity index (χ1) is 13.6. The van der Waals surface area contributed by atoms with Crippen molar-refractivity contribution in [3.8, 4) is 0 Å². The summed E-state index contributed by atoms with van der Waals surface area (Å²) in [5.74, 6) is 0.801. The highest BCUT2D eigenvalue weighted by Crippen LogP contribution is 2.42. The lowest BCUT2D eigenvalue weighted by Gasteiger charge is -2.43. The second-order valence-corrected chi connectivity index (χ2v) is 7.96. The molecule has 2 aromatic rings. The molecule has 2 atom stereocenters. The number of rotatable bonds is 4.